The fourth-order valence-corrected chi connectivity index (χ4v) is 4.82. The molecule has 156 valence electrons. The van der Waals surface area contributed by atoms with Crippen LogP contribution >= 0.6 is 0 Å². The van der Waals surface area contributed by atoms with Crippen molar-refractivity contribution in [3.05, 3.63) is 53.6 Å². The number of nitrogens with zero attached hydrogens (tertiary/aromatic N) is 4. The first-order valence-corrected chi connectivity index (χ1v) is 10.9. The summed E-state index contributed by atoms with van der Waals surface area (Å²) in [5.41, 5.74) is 1.75. The average Bonchev–Trinajstić information content (AvgIpc) is 3.25. The van der Waals surface area contributed by atoms with Crippen LogP contribution in [0.15, 0.2) is 36.5 Å². The van der Waals surface area contributed by atoms with E-state index in [1.165, 1.54) is 18.4 Å². The predicted octanol–water partition coefficient (Wildman–Crippen LogP) is 3.81. The van der Waals surface area contributed by atoms with Gasteiger partial charge in [-0.15, -0.1) is 0 Å². The Hall–Kier alpha value is -2.21. The Labute approximate surface area is 172 Å². The summed E-state index contributed by atoms with van der Waals surface area (Å²) < 4.78 is 14.9. The Morgan fingerprint density at radius 1 is 1.00 bits per heavy atom. The Balaban J connectivity index is 1.22. The van der Waals surface area contributed by atoms with Crippen LogP contribution in [-0.2, 0) is 13.1 Å². The number of aromatic nitrogens is 2. The minimum absolute atomic E-state index is 0.0739. The minimum Gasteiger partial charge on any atom is -0.337 e. The molecule has 6 heteroatoms. The van der Waals surface area contributed by atoms with Crippen LogP contribution in [0.4, 0.5) is 4.39 Å². The van der Waals surface area contributed by atoms with Crippen LogP contribution in [0.1, 0.15) is 48.7 Å². The lowest BCUT2D eigenvalue weighted by Gasteiger charge is -2.40. The van der Waals surface area contributed by atoms with E-state index in [1.54, 1.807) is 16.8 Å². The molecule has 2 aliphatic rings. The molecule has 1 aromatic heterocycles. The van der Waals surface area contributed by atoms with Crippen LogP contribution in [0.5, 0.6) is 0 Å². The van der Waals surface area contributed by atoms with Gasteiger partial charge in [-0.1, -0.05) is 12.1 Å². The molecule has 0 saturated carbocycles. The number of aryl methyl sites for hydroxylation is 1. The zero-order valence-electron chi connectivity index (χ0n) is 17.3. The number of carbonyl (C=O) groups excluding carboxylic acids is 1. The van der Waals surface area contributed by atoms with Crippen molar-refractivity contribution in [2.45, 2.75) is 45.7 Å². The monoisotopic (exact) mass is 398 g/mol. The maximum Gasteiger partial charge on any atom is 0.274 e. The Kier molecular flexibility index (Phi) is 6.28. The predicted molar refractivity (Wildman–Crippen MR) is 111 cm³/mol. The van der Waals surface area contributed by atoms with E-state index in [2.05, 4.69) is 10.00 Å². The van der Waals surface area contributed by atoms with E-state index in [-0.39, 0.29) is 11.7 Å². The van der Waals surface area contributed by atoms with Crippen molar-refractivity contribution >= 4 is 5.91 Å². The van der Waals surface area contributed by atoms with Crippen LogP contribution in [0.2, 0.25) is 0 Å². The molecule has 2 saturated heterocycles. The second-order valence-electron chi connectivity index (χ2n) is 8.43. The number of rotatable bonds is 5. The molecule has 29 heavy (non-hydrogen) atoms. The van der Waals surface area contributed by atoms with Gasteiger partial charge in [0.2, 0.25) is 0 Å². The highest BCUT2D eigenvalue weighted by atomic mass is 19.1. The van der Waals surface area contributed by atoms with Gasteiger partial charge < -0.3 is 4.90 Å². The number of piperidine rings is 2. The number of benzene rings is 1. The van der Waals surface area contributed by atoms with Gasteiger partial charge in [-0.3, -0.25) is 14.4 Å². The van der Waals surface area contributed by atoms with Crippen LogP contribution in [0.3, 0.4) is 0 Å². The van der Waals surface area contributed by atoms with E-state index in [4.69, 9.17) is 0 Å². The maximum atomic E-state index is 13.1. The van der Waals surface area contributed by atoms with E-state index in [9.17, 15) is 9.18 Å². The lowest BCUT2D eigenvalue weighted by molar-refractivity contribution is 0.0593. The van der Waals surface area contributed by atoms with Gasteiger partial charge in [0.1, 0.15) is 11.5 Å². The standard InChI is InChI=1S/C23H31FN4O/c1-2-28-16-11-22(25-28)23(29)27-14-9-20(10-15-27)19-7-12-26(13-8-19)17-18-3-5-21(24)6-4-18/h3-6,11,16,19-20H,2,7-10,12-15,17H2,1H3. The number of hydrogen-bond acceptors (Lipinski definition) is 3. The second-order valence-corrected chi connectivity index (χ2v) is 8.43. The Morgan fingerprint density at radius 3 is 2.21 bits per heavy atom. The van der Waals surface area contributed by atoms with Crippen LogP contribution in [0.25, 0.3) is 0 Å². The smallest absolute Gasteiger partial charge is 0.274 e. The highest BCUT2D eigenvalue weighted by Gasteiger charge is 2.31. The molecule has 0 radical (unpaired) electrons. The molecule has 0 spiro atoms. The topological polar surface area (TPSA) is 41.4 Å². The van der Waals surface area contributed by atoms with Crippen molar-refractivity contribution < 1.29 is 9.18 Å². The Morgan fingerprint density at radius 2 is 1.62 bits per heavy atom. The van der Waals surface area contributed by atoms with Gasteiger partial charge in [-0.05, 0) is 81.3 Å². The van der Waals surface area contributed by atoms with Crippen LogP contribution in [0, 0.1) is 17.7 Å². The molecule has 1 aromatic carbocycles. The molecule has 2 aliphatic heterocycles. The lowest BCUT2D eigenvalue weighted by Crippen LogP contribution is -2.42. The third-order valence-electron chi connectivity index (χ3n) is 6.63. The largest absolute Gasteiger partial charge is 0.337 e. The molecular weight excluding hydrogens is 367 g/mol. The maximum absolute atomic E-state index is 13.1. The van der Waals surface area contributed by atoms with Gasteiger partial charge >= 0.3 is 0 Å². The highest BCUT2D eigenvalue weighted by Crippen LogP contribution is 2.33. The number of halogens is 1. The van der Waals surface area contributed by atoms with Crippen molar-refractivity contribution in [1.82, 2.24) is 19.6 Å². The molecule has 3 heterocycles. The summed E-state index contributed by atoms with van der Waals surface area (Å²) in [5, 5.41) is 4.36. The summed E-state index contributed by atoms with van der Waals surface area (Å²) in [6.07, 6.45) is 6.52. The molecule has 0 atom stereocenters. The first kappa shape index (κ1) is 20.1. The zero-order chi connectivity index (χ0) is 20.2. The van der Waals surface area contributed by atoms with E-state index < -0.39 is 0 Å². The molecule has 2 aromatic rings. The average molecular weight is 399 g/mol. The van der Waals surface area contributed by atoms with Gasteiger partial charge in [-0.25, -0.2) is 4.39 Å². The molecule has 2 fully saturated rings. The van der Waals surface area contributed by atoms with Gasteiger partial charge in [0.15, 0.2) is 0 Å². The fourth-order valence-electron chi connectivity index (χ4n) is 4.82. The molecule has 4 rings (SSSR count). The van der Waals surface area contributed by atoms with Crippen LogP contribution < -0.4 is 0 Å². The van der Waals surface area contributed by atoms with Crippen molar-refractivity contribution in [3.63, 3.8) is 0 Å². The minimum atomic E-state index is -0.170. The SMILES string of the molecule is CCn1ccc(C(=O)N2CCC(C3CCN(Cc4ccc(F)cc4)CC3)CC2)n1. The highest BCUT2D eigenvalue weighted by molar-refractivity contribution is 5.92. The fraction of sp³-hybridized carbons (Fsp3) is 0.565. The third kappa shape index (κ3) is 4.86. The summed E-state index contributed by atoms with van der Waals surface area (Å²) in [4.78, 5) is 17.1. The number of amides is 1. The van der Waals surface area contributed by atoms with Crippen molar-refractivity contribution in [2.24, 2.45) is 11.8 Å². The zero-order valence-corrected chi connectivity index (χ0v) is 17.3. The van der Waals surface area contributed by atoms with Gasteiger partial charge in [0.05, 0.1) is 0 Å². The molecule has 0 aliphatic carbocycles. The summed E-state index contributed by atoms with van der Waals surface area (Å²) in [6.45, 7) is 7.62. The Bertz CT molecular complexity index is 803. The van der Waals surface area contributed by atoms with Gasteiger partial charge in [0, 0.05) is 32.4 Å². The van der Waals surface area contributed by atoms with E-state index in [0.29, 0.717) is 5.69 Å². The van der Waals surface area contributed by atoms with E-state index in [0.717, 1.165) is 63.9 Å². The molecule has 0 N–H and O–H groups in total. The van der Waals surface area contributed by atoms with Crippen molar-refractivity contribution in [1.29, 1.82) is 0 Å². The molecule has 5 nitrogen and oxygen atoms in total. The molecular formula is C23H31FN4O. The number of carbonyl (C=O) groups is 1. The van der Waals surface area contributed by atoms with Gasteiger partial charge in [-0.2, -0.15) is 5.10 Å². The summed E-state index contributed by atoms with van der Waals surface area (Å²) >= 11 is 0. The van der Waals surface area contributed by atoms with E-state index in [1.807, 2.05) is 36.2 Å². The summed E-state index contributed by atoms with van der Waals surface area (Å²) in [7, 11) is 0. The second kappa shape index (κ2) is 9.08. The first-order valence-electron chi connectivity index (χ1n) is 10.9. The van der Waals surface area contributed by atoms with Crippen LogP contribution in [-0.4, -0.2) is 51.7 Å². The quantitative estimate of drug-likeness (QED) is 0.769. The molecule has 0 bridgehead atoms. The summed E-state index contributed by atoms with van der Waals surface area (Å²) in [6, 6.07) is 8.69. The number of hydrogen-bond donors (Lipinski definition) is 0. The normalized spacial score (nSPS) is 19.6. The third-order valence-corrected chi connectivity index (χ3v) is 6.63. The lowest BCUT2D eigenvalue weighted by atomic mass is 9.78. The summed E-state index contributed by atoms with van der Waals surface area (Å²) in [5.74, 6) is 1.39. The molecule has 0 unspecified atom stereocenters. The van der Waals surface area contributed by atoms with Crippen molar-refractivity contribution in [2.75, 3.05) is 26.2 Å². The van der Waals surface area contributed by atoms with Crippen molar-refractivity contribution in [3.8, 4) is 0 Å². The number of likely N-dealkylation sites (tertiary alicyclic amines) is 2. The van der Waals surface area contributed by atoms with E-state index >= 15 is 0 Å². The molecule has 1 amide bonds. The van der Waals surface area contributed by atoms with Gasteiger partial charge in [0.25, 0.3) is 5.91 Å². The first-order chi connectivity index (χ1) is 14.1.